The summed E-state index contributed by atoms with van der Waals surface area (Å²) < 4.78 is 5.45. The second-order valence-electron chi connectivity index (χ2n) is 6.41. The molecule has 0 aliphatic rings. The van der Waals surface area contributed by atoms with Crippen LogP contribution in [0.4, 0.5) is 11.4 Å². The molecule has 0 saturated heterocycles. The molecule has 0 aliphatic carbocycles. The third-order valence-corrected chi connectivity index (χ3v) is 3.89. The van der Waals surface area contributed by atoms with E-state index < -0.39 is 0 Å². The van der Waals surface area contributed by atoms with Crippen LogP contribution in [-0.4, -0.2) is 39.1 Å². The first-order valence-electron chi connectivity index (χ1n) is 9.02. The number of ether oxygens (including phenoxy) is 1. The lowest BCUT2D eigenvalue weighted by Crippen LogP contribution is -2.27. The standard InChI is InChI=1S/C21H27N3O3/c1-4-12-22-21(26)18-13-17(10-11-19(18)24(2)3)23-20(25)15-27-14-16-8-6-5-7-9-16/h5-11,13H,4,12,14-15H2,1-3H3,(H,22,26)(H,23,25). The van der Waals surface area contributed by atoms with Crippen LogP contribution in [-0.2, 0) is 16.1 Å². The molecule has 2 aromatic rings. The molecule has 0 fully saturated rings. The van der Waals surface area contributed by atoms with E-state index in [-0.39, 0.29) is 18.4 Å². The van der Waals surface area contributed by atoms with Gasteiger partial charge < -0.3 is 20.3 Å². The van der Waals surface area contributed by atoms with Crippen LogP contribution >= 0.6 is 0 Å². The SMILES string of the molecule is CCCNC(=O)c1cc(NC(=O)COCc2ccccc2)ccc1N(C)C. The number of benzene rings is 2. The van der Waals surface area contributed by atoms with E-state index in [1.165, 1.54) is 0 Å². The Hall–Kier alpha value is -2.86. The van der Waals surface area contributed by atoms with Crippen molar-refractivity contribution < 1.29 is 14.3 Å². The van der Waals surface area contributed by atoms with Crippen molar-refractivity contribution in [1.82, 2.24) is 5.32 Å². The minimum Gasteiger partial charge on any atom is -0.377 e. The monoisotopic (exact) mass is 369 g/mol. The van der Waals surface area contributed by atoms with Crippen molar-refractivity contribution in [3.63, 3.8) is 0 Å². The molecular formula is C21H27N3O3. The summed E-state index contributed by atoms with van der Waals surface area (Å²) in [6.45, 7) is 2.93. The van der Waals surface area contributed by atoms with Gasteiger partial charge in [0.05, 0.1) is 12.2 Å². The van der Waals surface area contributed by atoms with Crippen LogP contribution in [0.5, 0.6) is 0 Å². The van der Waals surface area contributed by atoms with Crippen LogP contribution in [0, 0.1) is 0 Å². The van der Waals surface area contributed by atoms with Gasteiger partial charge in [0.25, 0.3) is 5.91 Å². The largest absolute Gasteiger partial charge is 0.377 e. The topological polar surface area (TPSA) is 70.7 Å². The number of amides is 2. The zero-order valence-electron chi connectivity index (χ0n) is 16.1. The fraction of sp³-hybridized carbons (Fsp3) is 0.333. The number of anilines is 2. The lowest BCUT2D eigenvalue weighted by Gasteiger charge is -2.18. The molecule has 0 aromatic heterocycles. The van der Waals surface area contributed by atoms with Crippen molar-refractivity contribution in [2.24, 2.45) is 0 Å². The molecule has 6 nitrogen and oxygen atoms in total. The van der Waals surface area contributed by atoms with E-state index in [9.17, 15) is 9.59 Å². The van der Waals surface area contributed by atoms with Gasteiger partial charge in [0.2, 0.25) is 5.91 Å². The lowest BCUT2D eigenvalue weighted by atomic mass is 10.1. The predicted octanol–water partition coefficient (Wildman–Crippen LogP) is 3.05. The molecule has 2 N–H and O–H groups in total. The lowest BCUT2D eigenvalue weighted by molar-refractivity contribution is -0.121. The van der Waals surface area contributed by atoms with Crippen LogP contribution < -0.4 is 15.5 Å². The molecule has 0 atom stereocenters. The summed E-state index contributed by atoms with van der Waals surface area (Å²) in [5, 5.41) is 5.66. The maximum absolute atomic E-state index is 12.4. The third kappa shape index (κ3) is 6.42. The van der Waals surface area contributed by atoms with E-state index in [0.717, 1.165) is 17.7 Å². The van der Waals surface area contributed by atoms with Gasteiger partial charge in [0.15, 0.2) is 0 Å². The Kier molecular flexibility index (Phi) is 7.82. The summed E-state index contributed by atoms with van der Waals surface area (Å²) >= 11 is 0. The molecule has 0 saturated carbocycles. The van der Waals surface area contributed by atoms with Crippen molar-refractivity contribution in [3.8, 4) is 0 Å². The number of hydrogen-bond donors (Lipinski definition) is 2. The molecule has 144 valence electrons. The van der Waals surface area contributed by atoms with Crippen molar-refractivity contribution in [2.75, 3.05) is 37.5 Å². The number of carbonyl (C=O) groups excluding carboxylic acids is 2. The van der Waals surface area contributed by atoms with Crippen molar-refractivity contribution >= 4 is 23.2 Å². The molecular weight excluding hydrogens is 342 g/mol. The average Bonchev–Trinajstić information content (AvgIpc) is 2.66. The van der Waals surface area contributed by atoms with Gasteiger partial charge in [-0.25, -0.2) is 0 Å². The predicted molar refractivity (Wildman–Crippen MR) is 108 cm³/mol. The highest BCUT2D eigenvalue weighted by Gasteiger charge is 2.14. The van der Waals surface area contributed by atoms with E-state index >= 15 is 0 Å². The smallest absolute Gasteiger partial charge is 0.253 e. The summed E-state index contributed by atoms with van der Waals surface area (Å²) in [7, 11) is 3.75. The first-order chi connectivity index (χ1) is 13.0. The Morgan fingerprint density at radius 1 is 1.07 bits per heavy atom. The average molecular weight is 369 g/mol. The molecule has 2 amide bonds. The number of carbonyl (C=O) groups is 2. The molecule has 0 bridgehead atoms. The molecule has 6 heteroatoms. The minimum absolute atomic E-state index is 0.0539. The van der Waals surface area contributed by atoms with E-state index in [0.29, 0.717) is 24.4 Å². The highest BCUT2D eigenvalue weighted by atomic mass is 16.5. The summed E-state index contributed by atoms with van der Waals surface area (Å²) in [5.74, 6) is -0.416. The minimum atomic E-state index is -0.261. The van der Waals surface area contributed by atoms with Crippen LogP contribution in [0.3, 0.4) is 0 Å². The van der Waals surface area contributed by atoms with Gasteiger partial charge in [-0.15, -0.1) is 0 Å². The summed E-state index contributed by atoms with van der Waals surface area (Å²) in [4.78, 5) is 26.4. The second kappa shape index (κ2) is 10.3. The highest BCUT2D eigenvalue weighted by Crippen LogP contribution is 2.23. The Morgan fingerprint density at radius 3 is 2.48 bits per heavy atom. The number of rotatable bonds is 9. The van der Waals surface area contributed by atoms with Gasteiger partial charge in [-0.3, -0.25) is 9.59 Å². The van der Waals surface area contributed by atoms with Gasteiger partial charge in [-0.2, -0.15) is 0 Å². The number of hydrogen-bond acceptors (Lipinski definition) is 4. The van der Waals surface area contributed by atoms with Crippen LogP contribution in [0.2, 0.25) is 0 Å². The maximum Gasteiger partial charge on any atom is 0.253 e. The van der Waals surface area contributed by atoms with E-state index in [1.54, 1.807) is 12.1 Å². The van der Waals surface area contributed by atoms with Crippen molar-refractivity contribution in [2.45, 2.75) is 20.0 Å². The zero-order valence-corrected chi connectivity index (χ0v) is 16.1. The van der Waals surface area contributed by atoms with E-state index in [1.807, 2.05) is 62.3 Å². The number of nitrogens with one attached hydrogen (secondary N) is 2. The first-order valence-corrected chi connectivity index (χ1v) is 9.02. The third-order valence-electron chi connectivity index (χ3n) is 3.89. The molecule has 0 heterocycles. The fourth-order valence-corrected chi connectivity index (χ4v) is 2.55. The van der Waals surface area contributed by atoms with Gasteiger partial charge in [0.1, 0.15) is 6.61 Å². The Labute approximate surface area is 160 Å². The van der Waals surface area contributed by atoms with Gasteiger partial charge in [-0.05, 0) is 30.2 Å². The van der Waals surface area contributed by atoms with Crippen molar-refractivity contribution in [3.05, 3.63) is 59.7 Å². The van der Waals surface area contributed by atoms with Gasteiger partial charge in [-0.1, -0.05) is 37.3 Å². The van der Waals surface area contributed by atoms with Crippen LogP contribution in [0.15, 0.2) is 48.5 Å². The number of nitrogens with zero attached hydrogens (tertiary/aromatic N) is 1. The molecule has 0 unspecified atom stereocenters. The van der Waals surface area contributed by atoms with Crippen LogP contribution in [0.25, 0.3) is 0 Å². The highest BCUT2D eigenvalue weighted by molar-refractivity contribution is 6.02. The molecule has 0 radical (unpaired) electrons. The van der Waals surface area contributed by atoms with Crippen molar-refractivity contribution in [1.29, 1.82) is 0 Å². The van der Waals surface area contributed by atoms with Crippen LogP contribution in [0.1, 0.15) is 29.3 Å². The molecule has 27 heavy (non-hydrogen) atoms. The summed E-state index contributed by atoms with van der Waals surface area (Å²) in [5.41, 5.74) is 2.89. The van der Waals surface area contributed by atoms with Gasteiger partial charge in [0, 0.05) is 32.0 Å². The quantitative estimate of drug-likeness (QED) is 0.713. The fourth-order valence-electron chi connectivity index (χ4n) is 2.55. The molecule has 0 aliphatic heterocycles. The Bertz CT molecular complexity index is 761. The van der Waals surface area contributed by atoms with E-state index in [4.69, 9.17) is 4.74 Å². The molecule has 0 spiro atoms. The Balaban J connectivity index is 1.98. The van der Waals surface area contributed by atoms with Gasteiger partial charge >= 0.3 is 0 Å². The van der Waals surface area contributed by atoms with E-state index in [2.05, 4.69) is 10.6 Å². The molecule has 2 aromatic carbocycles. The zero-order chi connectivity index (χ0) is 19.6. The summed E-state index contributed by atoms with van der Waals surface area (Å²) in [6, 6.07) is 15.0. The maximum atomic E-state index is 12.4. The second-order valence-corrected chi connectivity index (χ2v) is 6.41. The Morgan fingerprint density at radius 2 is 1.81 bits per heavy atom. The summed E-state index contributed by atoms with van der Waals surface area (Å²) in [6.07, 6.45) is 0.859. The normalized spacial score (nSPS) is 10.3. The first kappa shape index (κ1) is 20.5. The molecule has 2 rings (SSSR count).